The summed E-state index contributed by atoms with van der Waals surface area (Å²) < 4.78 is 49.9. The predicted molar refractivity (Wildman–Crippen MR) is 119 cm³/mol. The number of halogens is 2. The van der Waals surface area contributed by atoms with E-state index in [1.807, 2.05) is 0 Å². The van der Waals surface area contributed by atoms with Crippen molar-refractivity contribution in [2.75, 3.05) is 5.32 Å². The number of sulfonamides is 1. The number of benzene rings is 3. The highest BCUT2D eigenvalue weighted by atomic mass is 32.2. The van der Waals surface area contributed by atoms with Gasteiger partial charge in [-0.2, -0.15) is 0 Å². The fourth-order valence-corrected chi connectivity index (χ4v) is 4.47. The summed E-state index contributed by atoms with van der Waals surface area (Å²) in [4.78, 5) is 17.6. The minimum Gasteiger partial charge on any atom is -0.298 e. The van der Waals surface area contributed by atoms with Crippen LogP contribution in [0.4, 0.5) is 13.9 Å². The molecule has 4 aromatic rings. The average molecular weight is 472 g/mol. The quantitative estimate of drug-likeness (QED) is 0.442. The van der Waals surface area contributed by atoms with E-state index in [1.54, 1.807) is 24.3 Å². The highest BCUT2D eigenvalue weighted by molar-refractivity contribution is 7.89. The molecule has 10 heteroatoms. The SMILES string of the molecule is NS(=O)(=O)c1ccc(-c2sc(NC(=O)c3cccc(F)c3)nc2-c2ccc(F)cc2)cc1. The Labute approximate surface area is 186 Å². The van der Waals surface area contributed by atoms with Crippen molar-refractivity contribution in [1.82, 2.24) is 4.98 Å². The lowest BCUT2D eigenvalue weighted by molar-refractivity contribution is 0.102. The van der Waals surface area contributed by atoms with Gasteiger partial charge in [-0.15, -0.1) is 0 Å². The van der Waals surface area contributed by atoms with Crippen LogP contribution >= 0.6 is 11.3 Å². The van der Waals surface area contributed by atoms with Crippen molar-refractivity contribution in [3.8, 4) is 21.7 Å². The molecule has 6 nitrogen and oxygen atoms in total. The smallest absolute Gasteiger partial charge is 0.257 e. The second-order valence-electron chi connectivity index (χ2n) is 6.74. The number of primary sulfonamides is 1. The van der Waals surface area contributed by atoms with Crippen molar-refractivity contribution in [2.45, 2.75) is 4.90 Å². The molecule has 4 rings (SSSR count). The normalized spacial score (nSPS) is 11.3. The summed E-state index contributed by atoms with van der Waals surface area (Å²) in [7, 11) is -3.86. The van der Waals surface area contributed by atoms with Crippen LogP contribution in [0.25, 0.3) is 21.7 Å². The Morgan fingerprint density at radius 3 is 2.19 bits per heavy atom. The number of nitrogens with one attached hydrogen (secondary N) is 1. The van der Waals surface area contributed by atoms with Gasteiger partial charge in [0, 0.05) is 11.1 Å². The molecule has 32 heavy (non-hydrogen) atoms. The summed E-state index contributed by atoms with van der Waals surface area (Å²) in [6.45, 7) is 0. The zero-order valence-corrected chi connectivity index (χ0v) is 17.9. The number of nitrogens with two attached hydrogens (primary N) is 1. The van der Waals surface area contributed by atoms with Gasteiger partial charge in [0.05, 0.1) is 15.5 Å². The summed E-state index contributed by atoms with van der Waals surface area (Å²) in [5.74, 6) is -1.50. The van der Waals surface area contributed by atoms with Crippen molar-refractivity contribution in [2.24, 2.45) is 5.14 Å². The van der Waals surface area contributed by atoms with Gasteiger partial charge in [0.2, 0.25) is 10.0 Å². The van der Waals surface area contributed by atoms with Gasteiger partial charge >= 0.3 is 0 Å². The molecule has 0 spiro atoms. The topological polar surface area (TPSA) is 102 Å². The Hall–Kier alpha value is -3.47. The number of hydrogen-bond donors (Lipinski definition) is 2. The van der Waals surface area contributed by atoms with E-state index in [1.165, 1.54) is 42.5 Å². The predicted octanol–water partition coefficient (Wildman–Crippen LogP) is 4.66. The molecule has 0 aliphatic rings. The molecule has 3 N–H and O–H groups in total. The Morgan fingerprint density at radius 1 is 0.906 bits per heavy atom. The highest BCUT2D eigenvalue weighted by Crippen LogP contribution is 2.39. The van der Waals surface area contributed by atoms with Crippen LogP contribution in [0, 0.1) is 11.6 Å². The van der Waals surface area contributed by atoms with Gasteiger partial charge in [-0.3, -0.25) is 10.1 Å². The van der Waals surface area contributed by atoms with Gasteiger partial charge in [-0.25, -0.2) is 27.3 Å². The molecule has 0 bridgehead atoms. The second-order valence-corrected chi connectivity index (χ2v) is 9.30. The zero-order chi connectivity index (χ0) is 22.9. The van der Waals surface area contributed by atoms with Crippen molar-refractivity contribution in [3.05, 3.63) is 90.0 Å². The average Bonchev–Trinajstić information content (AvgIpc) is 3.17. The number of aromatic nitrogens is 1. The summed E-state index contributed by atoms with van der Waals surface area (Å²) >= 11 is 1.14. The van der Waals surface area contributed by atoms with Crippen LogP contribution in [-0.2, 0) is 10.0 Å². The molecule has 162 valence electrons. The molecular weight excluding hydrogens is 456 g/mol. The molecule has 0 aliphatic carbocycles. The van der Waals surface area contributed by atoms with Crippen molar-refractivity contribution in [3.63, 3.8) is 0 Å². The van der Waals surface area contributed by atoms with Crippen LogP contribution in [0.2, 0.25) is 0 Å². The number of hydrogen-bond acceptors (Lipinski definition) is 5. The molecule has 0 atom stereocenters. The van der Waals surface area contributed by atoms with E-state index in [2.05, 4.69) is 10.3 Å². The number of carbonyl (C=O) groups is 1. The summed E-state index contributed by atoms with van der Waals surface area (Å²) in [5.41, 5.74) is 1.82. The van der Waals surface area contributed by atoms with E-state index in [-0.39, 0.29) is 15.6 Å². The second kappa shape index (κ2) is 8.58. The maximum absolute atomic E-state index is 13.5. The van der Waals surface area contributed by atoms with Crippen LogP contribution in [0.15, 0.2) is 77.7 Å². The molecule has 1 heterocycles. The minimum absolute atomic E-state index is 0.0475. The maximum atomic E-state index is 13.5. The van der Waals surface area contributed by atoms with Crippen molar-refractivity contribution in [1.29, 1.82) is 0 Å². The lowest BCUT2D eigenvalue weighted by atomic mass is 10.1. The Morgan fingerprint density at radius 2 is 1.56 bits per heavy atom. The van der Waals surface area contributed by atoms with Gasteiger partial charge in [0.15, 0.2) is 5.13 Å². The number of nitrogens with zero attached hydrogens (tertiary/aromatic N) is 1. The molecule has 1 aromatic heterocycles. The molecule has 0 unspecified atom stereocenters. The Kier molecular flexibility index (Phi) is 5.83. The monoisotopic (exact) mass is 471 g/mol. The van der Waals surface area contributed by atoms with E-state index in [0.29, 0.717) is 21.7 Å². The first kappa shape index (κ1) is 21.8. The van der Waals surface area contributed by atoms with Crippen molar-refractivity contribution < 1.29 is 22.0 Å². The summed E-state index contributed by atoms with van der Waals surface area (Å²) in [6.07, 6.45) is 0. The number of carbonyl (C=O) groups excluding carboxylic acids is 1. The molecule has 1 amide bonds. The Balaban J connectivity index is 1.75. The minimum atomic E-state index is -3.86. The molecule has 3 aromatic carbocycles. The van der Waals surface area contributed by atoms with Gasteiger partial charge in [-0.1, -0.05) is 29.5 Å². The fraction of sp³-hybridized carbons (Fsp3) is 0. The largest absolute Gasteiger partial charge is 0.298 e. The van der Waals surface area contributed by atoms with E-state index in [9.17, 15) is 22.0 Å². The van der Waals surface area contributed by atoms with E-state index >= 15 is 0 Å². The van der Waals surface area contributed by atoms with E-state index in [0.717, 1.165) is 17.4 Å². The molecule has 0 radical (unpaired) electrons. The van der Waals surface area contributed by atoms with E-state index in [4.69, 9.17) is 5.14 Å². The van der Waals surface area contributed by atoms with Crippen LogP contribution in [0.1, 0.15) is 10.4 Å². The van der Waals surface area contributed by atoms with Gasteiger partial charge < -0.3 is 0 Å². The van der Waals surface area contributed by atoms with Gasteiger partial charge in [0.25, 0.3) is 5.91 Å². The number of anilines is 1. The molecule has 0 aliphatic heterocycles. The lowest BCUT2D eigenvalue weighted by Crippen LogP contribution is -2.11. The molecule has 0 saturated carbocycles. The van der Waals surface area contributed by atoms with Crippen LogP contribution < -0.4 is 10.5 Å². The molecule has 0 saturated heterocycles. The van der Waals surface area contributed by atoms with E-state index < -0.39 is 27.6 Å². The fourth-order valence-electron chi connectivity index (χ4n) is 2.97. The lowest BCUT2D eigenvalue weighted by Gasteiger charge is -2.04. The van der Waals surface area contributed by atoms with Crippen LogP contribution in [-0.4, -0.2) is 19.3 Å². The third-order valence-corrected chi connectivity index (χ3v) is 6.45. The highest BCUT2D eigenvalue weighted by Gasteiger charge is 2.18. The number of amides is 1. The zero-order valence-electron chi connectivity index (χ0n) is 16.2. The summed E-state index contributed by atoms with van der Waals surface area (Å²) in [5, 5.41) is 8.04. The Bertz CT molecular complexity index is 1400. The molecule has 0 fully saturated rings. The molecular formula is C22H15F2N3O3S2. The maximum Gasteiger partial charge on any atom is 0.257 e. The standard InChI is InChI=1S/C22H15F2N3O3S2/c23-16-8-4-13(5-9-16)19-20(14-6-10-18(11-7-14)32(25,29)30)31-22(26-19)27-21(28)15-2-1-3-17(24)12-15/h1-12H,(H2,25,29,30)(H,26,27,28). The van der Waals surface area contributed by atoms with Crippen LogP contribution in [0.3, 0.4) is 0 Å². The number of rotatable bonds is 5. The third kappa shape index (κ3) is 4.72. The third-order valence-electron chi connectivity index (χ3n) is 4.50. The van der Waals surface area contributed by atoms with Crippen molar-refractivity contribution >= 4 is 32.4 Å². The number of thiazole rings is 1. The first-order valence-electron chi connectivity index (χ1n) is 9.17. The first-order valence-corrected chi connectivity index (χ1v) is 11.5. The van der Waals surface area contributed by atoms with Crippen LogP contribution in [0.5, 0.6) is 0 Å². The van der Waals surface area contributed by atoms with Gasteiger partial charge in [-0.05, 0) is 60.2 Å². The first-order chi connectivity index (χ1) is 15.2. The summed E-state index contributed by atoms with van der Waals surface area (Å²) in [6, 6.07) is 16.8. The van der Waals surface area contributed by atoms with Gasteiger partial charge in [0.1, 0.15) is 11.6 Å².